The van der Waals surface area contributed by atoms with Crippen molar-refractivity contribution in [3.8, 4) is 17.0 Å². The van der Waals surface area contributed by atoms with Crippen molar-refractivity contribution in [2.24, 2.45) is 0 Å². The van der Waals surface area contributed by atoms with Gasteiger partial charge in [0.2, 0.25) is 0 Å². The van der Waals surface area contributed by atoms with Gasteiger partial charge in [-0.3, -0.25) is 9.48 Å². The van der Waals surface area contributed by atoms with Gasteiger partial charge in [-0.2, -0.15) is 18.3 Å². The van der Waals surface area contributed by atoms with E-state index in [2.05, 4.69) is 10.4 Å². The van der Waals surface area contributed by atoms with E-state index in [1.54, 1.807) is 0 Å². The number of para-hydroxylation sites is 1. The van der Waals surface area contributed by atoms with Gasteiger partial charge in [0, 0.05) is 5.56 Å². The summed E-state index contributed by atoms with van der Waals surface area (Å²) >= 11 is 5.91. The van der Waals surface area contributed by atoms with Crippen molar-refractivity contribution in [3.63, 3.8) is 0 Å². The fourth-order valence-electron chi connectivity index (χ4n) is 3.46. The van der Waals surface area contributed by atoms with E-state index in [4.69, 9.17) is 21.1 Å². The standard InChI is InChI=1S/C24H19ClF5N3O4/c1-11(24(28,29)30)37-20-9-13(18-10-19(23(35)36-2)33(32-18)12-6-7-12)17(27)8-14(20)22(34)31-21-15(25)4-3-5-16(21)26/h3-5,8-12H,6-7H2,1-2H3,(H,31,34). The molecule has 0 radical (unpaired) electrons. The predicted octanol–water partition coefficient (Wildman–Crippen LogP) is 6.19. The van der Waals surface area contributed by atoms with Gasteiger partial charge >= 0.3 is 12.1 Å². The highest BCUT2D eigenvalue weighted by Gasteiger charge is 2.39. The summed E-state index contributed by atoms with van der Waals surface area (Å²) in [5.74, 6) is -4.50. The number of carbonyl (C=O) groups excluding carboxylic acids is 2. The van der Waals surface area contributed by atoms with E-state index in [-0.39, 0.29) is 28.0 Å². The van der Waals surface area contributed by atoms with Crippen LogP contribution in [0.5, 0.6) is 5.75 Å². The molecule has 1 amide bonds. The second-order valence-corrected chi connectivity index (χ2v) is 8.67. The first kappa shape index (κ1) is 26.4. The third-order valence-electron chi connectivity index (χ3n) is 5.58. The summed E-state index contributed by atoms with van der Waals surface area (Å²) in [5, 5.41) is 6.19. The Kier molecular flexibility index (Phi) is 7.13. The van der Waals surface area contributed by atoms with Gasteiger partial charge in [0.05, 0.1) is 35.1 Å². The molecule has 2 aromatic carbocycles. The Hall–Kier alpha value is -3.67. The summed E-state index contributed by atoms with van der Waals surface area (Å²) in [6.45, 7) is 0.704. The molecule has 37 heavy (non-hydrogen) atoms. The zero-order valence-electron chi connectivity index (χ0n) is 19.3. The Bertz CT molecular complexity index is 1350. The monoisotopic (exact) mass is 543 g/mol. The van der Waals surface area contributed by atoms with Crippen LogP contribution in [0.2, 0.25) is 5.02 Å². The largest absolute Gasteiger partial charge is 0.480 e. The van der Waals surface area contributed by atoms with Crippen LogP contribution in [-0.4, -0.2) is 41.0 Å². The summed E-state index contributed by atoms with van der Waals surface area (Å²) in [7, 11) is 1.16. The molecule has 13 heteroatoms. The van der Waals surface area contributed by atoms with Gasteiger partial charge < -0.3 is 14.8 Å². The number of ether oxygens (including phenoxy) is 2. The molecule has 3 aromatic rings. The minimum atomic E-state index is -4.82. The molecule has 1 atom stereocenters. The number of hydrogen-bond donors (Lipinski definition) is 1. The molecule has 1 N–H and O–H groups in total. The van der Waals surface area contributed by atoms with E-state index in [0.717, 1.165) is 32.1 Å². The van der Waals surface area contributed by atoms with Crippen molar-refractivity contribution in [3.05, 3.63) is 64.3 Å². The molecule has 1 aliphatic rings. The fraction of sp³-hybridized carbons (Fsp3) is 0.292. The Morgan fingerprint density at radius 1 is 1.16 bits per heavy atom. The lowest BCUT2D eigenvalue weighted by Gasteiger charge is -2.20. The lowest BCUT2D eigenvalue weighted by atomic mass is 10.1. The van der Waals surface area contributed by atoms with Crippen LogP contribution < -0.4 is 10.1 Å². The third-order valence-corrected chi connectivity index (χ3v) is 5.89. The number of nitrogens with one attached hydrogen (secondary N) is 1. The first-order chi connectivity index (χ1) is 17.4. The smallest absolute Gasteiger partial charge is 0.425 e. The molecule has 1 aromatic heterocycles. The van der Waals surface area contributed by atoms with Gasteiger partial charge in [-0.05, 0) is 50.1 Å². The quantitative estimate of drug-likeness (QED) is 0.284. The molecule has 4 rings (SSSR count). The second kappa shape index (κ2) is 10.0. The number of alkyl halides is 3. The molecule has 7 nitrogen and oxygen atoms in total. The van der Waals surface area contributed by atoms with E-state index in [1.807, 2.05) is 0 Å². The summed E-state index contributed by atoms with van der Waals surface area (Å²) in [4.78, 5) is 25.1. The highest BCUT2D eigenvalue weighted by atomic mass is 35.5. The van der Waals surface area contributed by atoms with Crippen molar-refractivity contribution in [1.82, 2.24) is 9.78 Å². The molecule has 1 unspecified atom stereocenters. The van der Waals surface area contributed by atoms with Crippen LogP contribution in [0.1, 0.15) is 46.7 Å². The predicted molar refractivity (Wildman–Crippen MR) is 123 cm³/mol. The lowest BCUT2D eigenvalue weighted by molar-refractivity contribution is -0.189. The number of amides is 1. The Morgan fingerprint density at radius 3 is 2.46 bits per heavy atom. The first-order valence-electron chi connectivity index (χ1n) is 10.9. The molecule has 0 aliphatic heterocycles. The van der Waals surface area contributed by atoms with E-state index < -0.39 is 52.8 Å². The number of hydrogen-bond acceptors (Lipinski definition) is 5. The minimum Gasteiger partial charge on any atom is -0.480 e. The van der Waals surface area contributed by atoms with Gasteiger partial charge in [-0.25, -0.2) is 13.6 Å². The van der Waals surface area contributed by atoms with Gasteiger partial charge in [0.1, 0.15) is 23.1 Å². The zero-order valence-corrected chi connectivity index (χ0v) is 20.1. The maximum absolute atomic E-state index is 15.3. The number of anilines is 1. The average molecular weight is 544 g/mol. The molecular formula is C24H19ClF5N3O4. The third kappa shape index (κ3) is 5.53. The highest BCUT2D eigenvalue weighted by molar-refractivity contribution is 6.34. The number of rotatable bonds is 7. The number of benzene rings is 2. The maximum atomic E-state index is 15.3. The van der Waals surface area contributed by atoms with Crippen molar-refractivity contribution >= 4 is 29.2 Å². The Labute approximate surface area is 212 Å². The van der Waals surface area contributed by atoms with Gasteiger partial charge in [-0.15, -0.1) is 0 Å². The number of nitrogens with zero attached hydrogens (tertiary/aromatic N) is 2. The summed E-state index contributed by atoms with van der Waals surface area (Å²) in [5.41, 5.74) is -1.47. The zero-order chi connectivity index (χ0) is 27.1. The van der Waals surface area contributed by atoms with E-state index >= 15 is 4.39 Å². The van der Waals surface area contributed by atoms with Gasteiger partial charge in [0.15, 0.2) is 6.10 Å². The number of aromatic nitrogens is 2. The van der Waals surface area contributed by atoms with E-state index in [1.165, 1.54) is 22.9 Å². The van der Waals surface area contributed by atoms with E-state index in [0.29, 0.717) is 13.0 Å². The molecule has 0 bridgehead atoms. The van der Waals surface area contributed by atoms with Crippen molar-refractivity contribution in [2.75, 3.05) is 12.4 Å². The molecule has 196 valence electrons. The number of carbonyl (C=O) groups is 2. The summed E-state index contributed by atoms with van der Waals surface area (Å²) < 4.78 is 80.3. The number of methoxy groups -OCH3 is 1. The van der Waals surface area contributed by atoms with Gasteiger partial charge in [0.25, 0.3) is 5.91 Å². The normalized spacial score (nSPS) is 14.3. The molecule has 1 fully saturated rings. The molecule has 0 spiro atoms. The maximum Gasteiger partial charge on any atom is 0.425 e. The van der Waals surface area contributed by atoms with Crippen molar-refractivity contribution < 1.29 is 41.0 Å². The minimum absolute atomic E-state index is 0.0292. The summed E-state index contributed by atoms with van der Waals surface area (Å²) in [6.07, 6.45) is -5.75. The van der Waals surface area contributed by atoms with Crippen molar-refractivity contribution in [2.45, 2.75) is 38.1 Å². The topological polar surface area (TPSA) is 82.4 Å². The van der Waals surface area contributed by atoms with Crippen LogP contribution in [0.25, 0.3) is 11.3 Å². The van der Waals surface area contributed by atoms with Crippen LogP contribution >= 0.6 is 11.6 Å². The van der Waals surface area contributed by atoms with E-state index in [9.17, 15) is 27.2 Å². The average Bonchev–Trinajstić information content (AvgIpc) is 3.59. The second-order valence-electron chi connectivity index (χ2n) is 8.26. The lowest BCUT2D eigenvalue weighted by Crippen LogP contribution is -2.32. The Morgan fingerprint density at radius 2 is 1.86 bits per heavy atom. The number of halogens is 6. The fourth-order valence-corrected chi connectivity index (χ4v) is 3.67. The molecule has 1 aliphatic carbocycles. The SMILES string of the molecule is COC(=O)c1cc(-c2cc(OC(C)C(F)(F)F)c(C(=O)Nc3c(F)cccc3Cl)cc2F)nn1C1CC1. The molecule has 0 saturated heterocycles. The first-order valence-corrected chi connectivity index (χ1v) is 11.3. The Balaban J connectivity index is 1.80. The van der Waals surface area contributed by atoms with Crippen LogP contribution in [0, 0.1) is 11.6 Å². The van der Waals surface area contributed by atoms with Crippen LogP contribution in [-0.2, 0) is 4.74 Å². The van der Waals surface area contributed by atoms with Crippen molar-refractivity contribution in [1.29, 1.82) is 0 Å². The molecule has 1 heterocycles. The summed E-state index contributed by atoms with van der Waals surface area (Å²) in [6, 6.07) is 6.21. The molecule has 1 saturated carbocycles. The van der Waals surface area contributed by atoms with Crippen LogP contribution in [0.15, 0.2) is 36.4 Å². The number of esters is 1. The molecular weight excluding hydrogens is 525 g/mol. The van der Waals surface area contributed by atoms with Crippen LogP contribution in [0.3, 0.4) is 0 Å². The highest BCUT2D eigenvalue weighted by Crippen LogP contribution is 2.39. The van der Waals surface area contributed by atoms with Crippen LogP contribution in [0.4, 0.5) is 27.6 Å². The van der Waals surface area contributed by atoms with Gasteiger partial charge in [-0.1, -0.05) is 17.7 Å².